The number of hydrogen-bond acceptors (Lipinski definition) is 3. The molecule has 0 saturated heterocycles. The van der Waals surface area contributed by atoms with E-state index in [0.717, 1.165) is 16.5 Å². The second-order valence-electron chi connectivity index (χ2n) is 4.06. The Balaban J connectivity index is 2.46. The molecule has 0 spiro atoms. The lowest BCUT2D eigenvalue weighted by Crippen LogP contribution is -2.26. The summed E-state index contributed by atoms with van der Waals surface area (Å²) >= 11 is 0. The molecule has 2 rings (SSSR count). The Morgan fingerprint density at radius 3 is 2.82 bits per heavy atom. The van der Waals surface area contributed by atoms with E-state index in [0.29, 0.717) is 5.82 Å². The quantitative estimate of drug-likeness (QED) is 0.877. The van der Waals surface area contributed by atoms with Crippen molar-refractivity contribution in [2.45, 2.75) is 6.92 Å². The van der Waals surface area contributed by atoms with E-state index in [9.17, 15) is 4.79 Å². The molecule has 0 atom stereocenters. The van der Waals surface area contributed by atoms with E-state index < -0.39 is 5.97 Å². The number of anilines is 1. The Labute approximate surface area is 99.5 Å². The lowest BCUT2D eigenvalue weighted by molar-refractivity contribution is -0.135. The summed E-state index contributed by atoms with van der Waals surface area (Å²) in [5.41, 5.74) is 1.99. The molecule has 0 amide bonds. The standard InChI is InChI=1S/C13H14N2O2/c1-9-7-12(15(2)8-13(16)17)14-11-6-4-3-5-10(9)11/h3-7H,8H2,1-2H3,(H,16,17). The van der Waals surface area contributed by atoms with Gasteiger partial charge < -0.3 is 10.0 Å². The molecule has 88 valence electrons. The zero-order chi connectivity index (χ0) is 12.4. The normalized spacial score (nSPS) is 10.5. The van der Waals surface area contributed by atoms with Crippen molar-refractivity contribution in [3.05, 3.63) is 35.9 Å². The molecule has 0 aliphatic heterocycles. The fraction of sp³-hybridized carbons (Fsp3) is 0.231. The maximum atomic E-state index is 10.7. The predicted octanol–water partition coefficient (Wildman–Crippen LogP) is 2.06. The topological polar surface area (TPSA) is 53.4 Å². The van der Waals surface area contributed by atoms with E-state index in [1.807, 2.05) is 37.3 Å². The number of para-hydroxylation sites is 1. The van der Waals surface area contributed by atoms with E-state index in [1.165, 1.54) is 0 Å². The molecule has 0 aliphatic rings. The van der Waals surface area contributed by atoms with E-state index in [1.54, 1.807) is 11.9 Å². The number of carboxylic acid groups (broad SMARTS) is 1. The van der Waals surface area contributed by atoms with Crippen LogP contribution >= 0.6 is 0 Å². The van der Waals surface area contributed by atoms with Crippen molar-refractivity contribution >= 4 is 22.7 Å². The lowest BCUT2D eigenvalue weighted by Gasteiger charge is -2.17. The number of carbonyl (C=O) groups is 1. The Kier molecular flexibility index (Phi) is 2.95. The monoisotopic (exact) mass is 230 g/mol. The molecule has 0 saturated carbocycles. The number of pyridine rings is 1. The molecule has 4 nitrogen and oxygen atoms in total. The van der Waals surface area contributed by atoms with Gasteiger partial charge in [0, 0.05) is 12.4 Å². The van der Waals surface area contributed by atoms with Crippen molar-refractivity contribution in [1.82, 2.24) is 4.98 Å². The van der Waals surface area contributed by atoms with E-state index >= 15 is 0 Å². The van der Waals surface area contributed by atoms with Crippen molar-refractivity contribution in [1.29, 1.82) is 0 Å². The van der Waals surface area contributed by atoms with Gasteiger partial charge in [-0.15, -0.1) is 0 Å². The Morgan fingerprint density at radius 1 is 1.41 bits per heavy atom. The van der Waals surface area contributed by atoms with Crippen molar-refractivity contribution in [3.63, 3.8) is 0 Å². The molecular formula is C13H14N2O2. The number of aliphatic carboxylic acids is 1. The highest BCUT2D eigenvalue weighted by Gasteiger charge is 2.09. The first-order chi connectivity index (χ1) is 8.08. The molecule has 0 unspecified atom stereocenters. The van der Waals surface area contributed by atoms with Gasteiger partial charge in [0.05, 0.1) is 5.52 Å². The average Bonchev–Trinajstić information content (AvgIpc) is 2.28. The fourth-order valence-corrected chi connectivity index (χ4v) is 1.81. The third kappa shape index (κ3) is 2.36. The lowest BCUT2D eigenvalue weighted by atomic mass is 10.1. The summed E-state index contributed by atoms with van der Waals surface area (Å²) in [5, 5.41) is 9.86. The molecule has 1 aromatic carbocycles. The molecule has 0 fully saturated rings. The first-order valence-corrected chi connectivity index (χ1v) is 5.37. The molecule has 17 heavy (non-hydrogen) atoms. The number of nitrogens with zero attached hydrogens (tertiary/aromatic N) is 2. The van der Waals surface area contributed by atoms with Crippen LogP contribution in [0.15, 0.2) is 30.3 Å². The number of fused-ring (bicyclic) bond motifs is 1. The van der Waals surface area contributed by atoms with Crippen LogP contribution in [0.2, 0.25) is 0 Å². The predicted molar refractivity (Wildman–Crippen MR) is 67.4 cm³/mol. The second kappa shape index (κ2) is 4.41. The van der Waals surface area contributed by atoms with Gasteiger partial charge in [-0.2, -0.15) is 0 Å². The Morgan fingerprint density at radius 2 is 2.12 bits per heavy atom. The summed E-state index contributed by atoms with van der Waals surface area (Å²) in [6.45, 7) is 1.95. The minimum absolute atomic E-state index is 0.0508. The third-order valence-electron chi connectivity index (χ3n) is 2.67. The highest BCUT2D eigenvalue weighted by molar-refractivity contribution is 5.84. The smallest absolute Gasteiger partial charge is 0.323 e. The van der Waals surface area contributed by atoms with Crippen LogP contribution in [0.3, 0.4) is 0 Å². The van der Waals surface area contributed by atoms with Gasteiger partial charge in [-0.3, -0.25) is 4.79 Å². The highest BCUT2D eigenvalue weighted by Crippen LogP contribution is 2.21. The molecule has 1 aromatic heterocycles. The molecule has 0 radical (unpaired) electrons. The number of hydrogen-bond donors (Lipinski definition) is 1. The van der Waals surface area contributed by atoms with Crippen LogP contribution in [-0.2, 0) is 4.79 Å². The van der Waals surface area contributed by atoms with Crippen LogP contribution in [0.4, 0.5) is 5.82 Å². The maximum Gasteiger partial charge on any atom is 0.323 e. The first kappa shape index (κ1) is 11.4. The zero-order valence-electron chi connectivity index (χ0n) is 9.84. The van der Waals surface area contributed by atoms with E-state index in [-0.39, 0.29) is 6.54 Å². The minimum atomic E-state index is -0.861. The Bertz CT molecular complexity index is 566. The van der Waals surface area contributed by atoms with Gasteiger partial charge in [0.1, 0.15) is 12.4 Å². The average molecular weight is 230 g/mol. The summed E-state index contributed by atoms with van der Waals surface area (Å²) in [6.07, 6.45) is 0. The first-order valence-electron chi connectivity index (χ1n) is 5.37. The largest absolute Gasteiger partial charge is 0.480 e. The summed E-state index contributed by atoms with van der Waals surface area (Å²) < 4.78 is 0. The van der Waals surface area contributed by atoms with Crippen molar-refractivity contribution in [2.75, 3.05) is 18.5 Å². The molecule has 1 N–H and O–H groups in total. The second-order valence-corrected chi connectivity index (χ2v) is 4.06. The number of rotatable bonds is 3. The summed E-state index contributed by atoms with van der Waals surface area (Å²) in [4.78, 5) is 16.7. The van der Waals surface area contributed by atoms with Gasteiger partial charge in [0.15, 0.2) is 0 Å². The number of aryl methyl sites for hydroxylation is 1. The number of likely N-dealkylation sites (N-methyl/N-ethyl adjacent to an activating group) is 1. The van der Waals surface area contributed by atoms with Crippen LogP contribution in [0.25, 0.3) is 10.9 Å². The number of carboxylic acids is 1. The molecular weight excluding hydrogens is 216 g/mol. The maximum absolute atomic E-state index is 10.7. The molecule has 1 heterocycles. The van der Waals surface area contributed by atoms with Crippen LogP contribution < -0.4 is 4.90 Å². The van der Waals surface area contributed by atoms with Crippen LogP contribution in [0.5, 0.6) is 0 Å². The summed E-state index contributed by atoms with van der Waals surface area (Å²) in [5.74, 6) is -0.177. The highest BCUT2D eigenvalue weighted by atomic mass is 16.4. The molecule has 2 aromatic rings. The van der Waals surface area contributed by atoms with Gasteiger partial charge in [0.2, 0.25) is 0 Å². The van der Waals surface area contributed by atoms with E-state index in [4.69, 9.17) is 5.11 Å². The Hall–Kier alpha value is -2.10. The fourth-order valence-electron chi connectivity index (χ4n) is 1.81. The van der Waals surface area contributed by atoms with Gasteiger partial charge in [-0.1, -0.05) is 18.2 Å². The van der Waals surface area contributed by atoms with E-state index in [2.05, 4.69) is 4.98 Å². The van der Waals surface area contributed by atoms with Crippen LogP contribution in [-0.4, -0.2) is 29.7 Å². The minimum Gasteiger partial charge on any atom is -0.480 e. The zero-order valence-corrected chi connectivity index (χ0v) is 9.84. The molecule has 0 bridgehead atoms. The SMILES string of the molecule is Cc1cc(N(C)CC(=O)O)nc2ccccc12. The van der Waals surface area contributed by atoms with Crippen molar-refractivity contribution < 1.29 is 9.90 Å². The van der Waals surface area contributed by atoms with Crippen molar-refractivity contribution in [3.8, 4) is 0 Å². The molecule has 4 heteroatoms. The number of benzene rings is 1. The van der Waals surface area contributed by atoms with Gasteiger partial charge >= 0.3 is 5.97 Å². The van der Waals surface area contributed by atoms with Crippen molar-refractivity contribution in [2.24, 2.45) is 0 Å². The summed E-state index contributed by atoms with van der Waals surface area (Å²) in [7, 11) is 1.73. The van der Waals surface area contributed by atoms with Crippen LogP contribution in [0.1, 0.15) is 5.56 Å². The van der Waals surface area contributed by atoms with Crippen LogP contribution in [0, 0.1) is 6.92 Å². The third-order valence-corrected chi connectivity index (χ3v) is 2.67. The van der Waals surface area contributed by atoms with Gasteiger partial charge in [0.25, 0.3) is 0 Å². The molecule has 0 aliphatic carbocycles. The number of aromatic nitrogens is 1. The summed E-state index contributed by atoms with van der Waals surface area (Å²) in [6, 6.07) is 9.75. The van der Waals surface area contributed by atoms with Gasteiger partial charge in [-0.25, -0.2) is 4.98 Å². The van der Waals surface area contributed by atoms with Gasteiger partial charge in [-0.05, 0) is 24.6 Å².